The van der Waals surface area contributed by atoms with E-state index in [1.807, 2.05) is 0 Å². The molecule has 118 valence electrons. The first kappa shape index (κ1) is 17.7. The van der Waals surface area contributed by atoms with Crippen molar-refractivity contribution in [3.05, 3.63) is 0 Å². The highest BCUT2D eigenvalue weighted by atomic mass is 35.5. The number of nitrogens with one attached hydrogen (secondary N) is 2. The van der Waals surface area contributed by atoms with Gasteiger partial charge in [-0.05, 0) is 33.2 Å². The summed E-state index contributed by atoms with van der Waals surface area (Å²) in [7, 11) is 0. The van der Waals surface area contributed by atoms with Crippen LogP contribution in [-0.2, 0) is 9.53 Å². The molecule has 0 aliphatic carbocycles. The summed E-state index contributed by atoms with van der Waals surface area (Å²) in [5.41, 5.74) is 0. The first-order valence-electron chi connectivity index (χ1n) is 7.49. The number of ether oxygens (including phenoxy) is 1. The number of piperidine rings is 1. The van der Waals surface area contributed by atoms with E-state index in [1.165, 1.54) is 0 Å². The zero-order valence-electron chi connectivity index (χ0n) is 12.6. The maximum atomic E-state index is 12.2. The van der Waals surface area contributed by atoms with Crippen LogP contribution in [0.3, 0.4) is 0 Å². The van der Waals surface area contributed by atoms with Gasteiger partial charge in [0.1, 0.15) is 0 Å². The monoisotopic (exact) mass is 305 g/mol. The Balaban J connectivity index is 0.00000200. The summed E-state index contributed by atoms with van der Waals surface area (Å²) in [5, 5.41) is 6.55. The Bertz CT molecular complexity index is 298. The third kappa shape index (κ3) is 5.56. The van der Waals surface area contributed by atoms with Gasteiger partial charge >= 0.3 is 0 Å². The zero-order valence-corrected chi connectivity index (χ0v) is 13.4. The maximum Gasteiger partial charge on any atom is 0.223 e. The fourth-order valence-electron chi connectivity index (χ4n) is 2.95. The molecule has 1 unspecified atom stereocenters. The van der Waals surface area contributed by atoms with Crippen molar-refractivity contribution in [1.82, 2.24) is 15.5 Å². The van der Waals surface area contributed by atoms with Gasteiger partial charge in [0.05, 0.1) is 13.2 Å². The summed E-state index contributed by atoms with van der Waals surface area (Å²) >= 11 is 0. The third-order valence-corrected chi connectivity index (χ3v) is 4.02. The van der Waals surface area contributed by atoms with Crippen molar-refractivity contribution in [2.45, 2.75) is 38.8 Å². The minimum absolute atomic E-state index is 0. The maximum absolute atomic E-state index is 12.2. The summed E-state index contributed by atoms with van der Waals surface area (Å²) in [6.45, 7) is 9.70. The number of hydrogen-bond donors (Lipinski definition) is 2. The highest BCUT2D eigenvalue weighted by molar-refractivity contribution is 5.85. The summed E-state index contributed by atoms with van der Waals surface area (Å²) in [6, 6.07) is 0.676. The van der Waals surface area contributed by atoms with Crippen LogP contribution in [0.25, 0.3) is 0 Å². The molecule has 0 aromatic heterocycles. The molecule has 0 aromatic rings. The second-order valence-corrected chi connectivity index (χ2v) is 5.90. The molecule has 5 nitrogen and oxygen atoms in total. The van der Waals surface area contributed by atoms with Gasteiger partial charge in [0.25, 0.3) is 0 Å². The SMILES string of the molecule is CC(CN1CCOCC1)NC(=O)[C@H]1CCN[C@@H](C)C1.Cl. The molecule has 2 heterocycles. The second kappa shape index (κ2) is 8.82. The van der Waals surface area contributed by atoms with Crippen LogP contribution in [0, 0.1) is 5.92 Å². The van der Waals surface area contributed by atoms with Crippen LogP contribution in [-0.4, -0.2) is 62.3 Å². The molecular formula is C14H28ClN3O2. The Labute approximate surface area is 128 Å². The van der Waals surface area contributed by atoms with E-state index in [2.05, 4.69) is 29.4 Å². The van der Waals surface area contributed by atoms with Gasteiger partial charge in [0.2, 0.25) is 5.91 Å². The fraction of sp³-hybridized carbons (Fsp3) is 0.929. The number of carbonyl (C=O) groups is 1. The number of nitrogens with zero attached hydrogens (tertiary/aromatic N) is 1. The van der Waals surface area contributed by atoms with Crippen molar-refractivity contribution < 1.29 is 9.53 Å². The van der Waals surface area contributed by atoms with E-state index in [-0.39, 0.29) is 30.3 Å². The third-order valence-electron chi connectivity index (χ3n) is 4.02. The molecule has 6 heteroatoms. The van der Waals surface area contributed by atoms with Crippen molar-refractivity contribution in [1.29, 1.82) is 0 Å². The number of hydrogen-bond acceptors (Lipinski definition) is 4. The van der Waals surface area contributed by atoms with Crippen molar-refractivity contribution in [2.75, 3.05) is 39.4 Å². The average Bonchev–Trinajstić information content (AvgIpc) is 2.39. The molecule has 2 saturated heterocycles. The predicted octanol–water partition coefficient (Wildman–Crippen LogP) is 0.633. The fourth-order valence-corrected chi connectivity index (χ4v) is 2.95. The Hall–Kier alpha value is -0.360. The molecule has 1 amide bonds. The molecule has 2 fully saturated rings. The van der Waals surface area contributed by atoms with Crippen molar-refractivity contribution in [3.63, 3.8) is 0 Å². The van der Waals surface area contributed by atoms with Gasteiger partial charge < -0.3 is 15.4 Å². The Kier molecular flexibility index (Phi) is 7.80. The van der Waals surface area contributed by atoms with Gasteiger partial charge in [-0.15, -0.1) is 12.4 Å². The molecule has 2 N–H and O–H groups in total. The molecule has 0 saturated carbocycles. The minimum atomic E-state index is 0. The highest BCUT2D eigenvalue weighted by Gasteiger charge is 2.25. The van der Waals surface area contributed by atoms with E-state index in [4.69, 9.17) is 4.74 Å². The largest absolute Gasteiger partial charge is 0.379 e. The molecule has 2 aliphatic heterocycles. The number of halogens is 1. The van der Waals surface area contributed by atoms with Crippen LogP contribution in [0.1, 0.15) is 26.7 Å². The van der Waals surface area contributed by atoms with Gasteiger partial charge in [-0.25, -0.2) is 0 Å². The number of rotatable bonds is 4. The normalized spacial score (nSPS) is 29.3. The quantitative estimate of drug-likeness (QED) is 0.800. The van der Waals surface area contributed by atoms with Crippen LogP contribution in [0.2, 0.25) is 0 Å². The van der Waals surface area contributed by atoms with E-state index >= 15 is 0 Å². The summed E-state index contributed by atoms with van der Waals surface area (Å²) < 4.78 is 5.33. The van der Waals surface area contributed by atoms with E-state index in [1.54, 1.807) is 0 Å². The number of carbonyl (C=O) groups excluding carboxylic acids is 1. The molecular weight excluding hydrogens is 278 g/mol. The smallest absolute Gasteiger partial charge is 0.223 e. The molecule has 0 spiro atoms. The summed E-state index contributed by atoms with van der Waals surface area (Å²) in [5.74, 6) is 0.414. The first-order chi connectivity index (χ1) is 9.15. The standard InChI is InChI=1S/C14H27N3O2.ClH/c1-11-9-13(3-4-15-11)14(18)16-12(2)10-17-5-7-19-8-6-17;/h11-13,15H,3-10H2,1-2H3,(H,16,18);1H/t11-,12?,13-;/m0./s1. The molecule has 20 heavy (non-hydrogen) atoms. The highest BCUT2D eigenvalue weighted by Crippen LogP contribution is 2.16. The lowest BCUT2D eigenvalue weighted by Crippen LogP contribution is -2.49. The van der Waals surface area contributed by atoms with E-state index < -0.39 is 0 Å². The molecule has 0 radical (unpaired) electrons. The lowest BCUT2D eigenvalue weighted by molar-refractivity contribution is -0.126. The van der Waals surface area contributed by atoms with Crippen LogP contribution < -0.4 is 10.6 Å². The number of amides is 1. The lowest BCUT2D eigenvalue weighted by Gasteiger charge is -2.31. The zero-order chi connectivity index (χ0) is 13.7. The van der Waals surface area contributed by atoms with Crippen molar-refractivity contribution in [2.24, 2.45) is 5.92 Å². The van der Waals surface area contributed by atoms with Crippen LogP contribution in [0.5, 0.6) is 0 Å². The van der Waals surface area contributed by atoms with Gasteiger partial charge in [-0.1, -0.05) is 0 Å². The summed E-state index contributed by atoms with van der Waals surface area (Å²) in [6.07, 6.45) is 1.91. The molecule has 2 rings (SSSR count). The first-order valence-corrected chi connectivity index (χ1v) is 7.49. The van der Waals surface area contributed by atoms with Crippen molar-refractivity contribution in [3.8, 4) is 0 Å². The Morgan fingerprint density at radius 3 is 2.80 bits per heavy atom. The molecule has 3 atom stereocenters. The minimum Gasteiger partial charge on any atom is -0.379 e. The lowest BCUT2D eigenvalue weighted by atomic mass is 9.92. The van der Waals surface area contributed by atoms with Gasteiger partial charge in [0.15, 0.2) is 0 Å². The van der Waals surface area contributed by atoms with E-state index in [0.29, 0.717) is 6.04 Å². The van der Waals surface area contributed by atoms with Crippen LogP contribution in [0.15, 0.2) is 0 Å². The number of morpholine rings is 1. The predicted molar refractivity (Wildman–Crippen MR) is 82.3 cm³/mol. The molecule has 0 aromatic carbocycles. The van der Waals surface area contributed by atoms with Gasteiger partial charge in [-0.3, -0.25) is 9.69 Å². The van der Waals surface area contributed by atoms with Crippen LogP contribution >= 0.6 is 12.4 Å². The Morgan fingerprint density at radius 2 is 2.15 bits per heavy atom. The van der Waals surface area contributed by atoms with Gasteiger partial charge in [-0.2, -0.15) is 0 Å². The molecule has 2 aliphatic rings. The van der Waals surface area contributed by atoms with Gasteiger partial charge in [0, 0.05) is 37.6 Å². The molecule has 0 bridgehead atoms. The second-order valence-electron chi connectivity index (χ2n) is 5.90. The summed E-state index contributed by atoms with van der Waals surface area (Å²) in [4.78, 5) is 14.6. The topological polar surface area (TPSA) is 53.6 Å². The van der Waals surface area contributed by atoms with E-state index in [9.17, 15) is 4.79 Å². The van der Waals surface area contributed by atoms with Crippen LogP contribution in [0.4, 0.5) is 0 Å². The average molecular weight is 306 g/mol. The Morgan fingerprint density at radius 1 is 1.45 bits per heavy atom. The van der Waals surface area contributed by atoms with Crippen molar-refractivity contribution >= 4 is 18.3 Å². The van der Waals surface area contributed by atoms with E-state index in [0.717, 1.165) is 52.2 Å².